The minimum Gasteiger partial charge on any atom is -0.481 e. The lowest BCUT2D eigenvalue weighted by Crippen LogP contribution is -2.41. The fourth-order valence-corrected chi connectivity index (χ4v) is 1.91. The van der Waals surface area contributed by atoms with E-state index in [2.05, 4.69) is 17.3 Å². The van der Waals surface area contributed by atoms with Gasteiger partial charge >= 0.3 is 5.97 Å². The molecule has 0 aliphatic carbocycles. The number of aliphatic carboxylic acids is 1. The molecule has 4 heteroatoms. The highest BCUT2D eigenvalue weighted by atomic mass is 16.4. The van der Waals surface area contributed by atoms with Crippen molar-refractivity contribution in [3.8, 4) is 0 Å². The third kappa shape index (κ3) is 4.07. The Morgan fingerprint density at radius 3 is 2.71 bits per heavy atom. The molecule has 0 radical (unpaired) electrons. The van der Waals surface area contributed by atoms with E-state index in [0.29, 0.717) is 6.04 Å². The van der Waals surface area contributed by atoms with Gasteiger partial charge in [-0.3, -0.25) is 4.79 Å². The Kier molecular flexibility index (Phi) is 4.90. The summed E-state index contributed by atoms with van der Waals surface area (Å²) in [4.78, 5) is 12.6. The average Bonchev–Trinajstić information content (AvgIpc) is 2.18. The first-order valence-corrected chi connectivity index (χ1v) is 5.33. The Bertz CT molecular complexity index is 179. The van der Waals surface area contributed by atoms with Crippen LogP contribution in [0.15, 0.2) is 0 Å². The fourth-order valence-electron chi connectivity index (χ4n) is 1.91. The van der Waals surface area contributed by atoms with Crippen molar-refractivity contribution in [2.45, 2.75) is 31.7 Å². The Morgan fingerprint density at radius 1 is 1.50 bits per heavy atom. The minimum atomic E-state index is -0.691. The molecule has 1 fully saturated rings. The van der Waals surface area contributed by atoms with Gasteiger partial charge in [0.25, 0.3) is 0 Å². The molecule has 0 unspecified atom stereocenters. The van der Waals surface area contributed by atoms with E-state index in [0.717, 1.165) is 26.1 Å². The maximum Gasteiger partial charge on any atom is 0.303 e. The molecule has 0 atom stereocenters. The molecule has 1 aliphatic heterocycles. The number of carbonyl (C=O) groups is 1. The van der Waals surface area contributed by atoms with Gasteiger partial charge in [-0.1, -0.05) is 0 Å². The zero-order chi connectivity index (χ0) is 10.4. The number of carboxylic acid groups (broad SMARTS) is 1. The lowest BCUT2D eigenvalue weighted by molar-refractivity contribution is -0.137. The van der Waals surface area contributed by atoms with Crippen LogP contribution in [0.5, 0.6) is 0 Å². The summed E-state index contributed by atoms with van der Waals surface area (Å²) in [5.41, 5.74) is 0. The van der Waals surface area contributed by atoms with E-state index in [-0.39, 0.29) is 6.42 Å². The first-order chi connectivity index (χ1) is 6.70. The van der Waals surface area contributed by atoms with E-state index in [1.807, 2.05) is 0 Å². The van der Waals surface area contributed by atoms with Gasteiger partial charge in [0.1, 0.15) is 0 Å². The number of nitrogens with one attached hydrogen (secondary N) is 1. The van der Waals surface area contributed by atoms with Crippen LogP contribution in [0, 0.1) is 0 Å². The van der Waals surface area contributed by atoms with Crippen molar-refractivity contribution in [3.05, 3.63) is 0 Å². The van der Waals surface area contributed by atoms with E-state index in [4.69, 9.17) is 5.11 Å². The van der Waals surface area contributed by atoms with Crippen LogP contribution in [0.1, 0.15) is 25.7 Å². The molecule has 1 saturated heterocycles. The van der Waals surface area contributed by atoms with Crippen molar-refractivity contribution in [1.29, 1.82) is 0 Å². The van der Waals surface area contributed by atoms with E-state index >= 15 is 0 Å². The highest BCUT2D eigenvalue weighted by molar-refractivity contribution is 5.66. The summed E-state index contributed by atoms with van der Waals surface area (Å²) in [6.07, 6.45) is 3.41. The molecule has 0 aromatic heterocycles. The summed E-state index contributed by atoms with van der Waals surface area (Å²) in [5.74, 6) is -0.691. The standard InChI is InChI=1S/C10H20N2O2/c1-12(8-2-3-10(13)14)9-4-6-11-7-5-9/h9,11H,2-8H2,1H3,(H,13,14). The van der Waals surface area contributed by atoms with E-state index < -0.39 is 5.97 Å². The largest absolute Gasteiger partial charge is 0.481 e. The van der Waals surface area contributed by atoms with Crippen LogP contribution in [-0.4, -0.2) is 48.7 Å². The Balaban J connectivity index is 2.13. The quantitative estimate of drug-likeness (QED) is 0.680. The van der Waals surface area contributed by atoms with Crippen LogP contribution in [0.3, 0.4) is 0 Å². The minimum absolute atomic E-state index is 0.287. The zero-order valence-corrected chi connectivity index (χ0v) is 8.83. The highest BCUT2D eigenvalue weighted by Crippen LogP contribution is 2.10. The molecular weight excluding hydrogens is 180 g/mol. The summed E-state index contributed by atoms with van der Waals surface area (Å²) < 4.78 is 0. The van der Waals surface area contributed by atoms with Gasteiger partial charge < -0.3 is 15.3 Å². The molecule has 1 heterocycles. The lowest BCUT2D eigenvalue weighted by Gasteiger charge is -2.31. The van der Waals surface area contributed by atoms with E-state index in [1.165, 1.54) is 12.8 Å². The van der Waals surface area contributed by atoms with Gasteiger partial charge in [0.15, 0.2) is 0 Å². The smallest absolute Gasteiger partial charge is 0.303 e. The van der Waals surface area contributed by atoms with Crippen molar-refractivity contribution in [3.63, 3.8) is 0 Å². The predicted molar refractivity (Wildman–Crippen MR) is 55.4 cm³/mol. The first-order valence-electron chi connectivity index (χ1n) is 5.33. The number of rotatable bonds is 5. The van der Waals surface area contributed by atoms with Crippen LogP contribution < -0.4 is 5.32 Å². The van der Waals surface area contributed by atoms with Crippen LogP contribution in [0.25, 0.3) is 0 Å². The number of piperidine rings is 1. The van der Waals surface area contributed by atoms with Crippen molar-refractivity contribution in [2.24, 2.45) is 0 Å². The molecule has 1 aliphatic rings. The normalized spacial score (nSPS) is 18.7. The van der Waals surface area contributed by atoms with Crippen molar-refractivity contribution in [1.82, 2.24) is 10.2 Å². The van der Waals surface area contributed by atoms with Crippen molar-refractivity contribution in [2.75, 3.05) is 26.7 Å². The SMILES string of the molecule is CN(CCCC(=O)O)C1CCNCC1. The van der Waals surface area contributed by atoms with Crippen molar-refractivity contribution < 1.29 is 9.90 Å². The van der Waals surface area contributed by atoms with Crippen LogP contribution in [0.2, 0.25) is 0 Å². The lowest BCUT2D eigenvalue weighted by atomic mass is 10.1. The van der Waals surface area contributed by atoms with E-state index in [9.17, 15) is 4.79 Å². The van der Waals surface area contributed by atoms with Crippen LogP contribution >= 0.6 is 0 Å². The molecule has 14 heavy (non-hydrogen) atoms. The van der Waals surface area contributed by atoms with Crippen LogP contribution in [-0.2, 0) is 4.79 Å². The molecule has 4 nitrogen and oxygen atoms in total. The maximum absolute atomic E-state index is 10.3. The van der Waals surface area contributed by atoms with Gasteiger partial charge in [-0.2, -0.15) is 0 Å². The second-order valence-corrected chi connectivity index (χ2v) is 3.96. The monoisotopic (exact) mass is 200 g/mol. The number of hydrogen-bond donors (Lipinski definition) is 2. The Morgan fingerprint density at radius 2 is 2.14 bits per heavy atom. The zero-order valence-electron chi connectivity index (χ0n) is 8.83. The van der Waals surface area contributed by atoms with Gasteiger partial charge in [-0.05, 0) is 45.9 Å². The third-order valence-electron chi connectivity index (χ3n) is 2.83. The highest BCUT2D eigenvalue weighted by Gasteiger charge is 2.17. The number of hydrogen-bond acceptors (Lipinski definition) is 3. The first kappa shape index (κ1) is 11.5. The fraction of sp³-hybridized carbons (Fsp3) is 0.900. The van der Waals surface area contributed by atoms with E-state index in [1.54, 1.807) is 0 Å². The van der Waals surface area contributed by atoms with Crippen LogP contribution in [0.4, 0.5) is 0 Å². The molecule has 1 rings (SSSR count). The molecule has 0 aromatic carbocycles. The molecule has 0 spiro atoms. The molecule has 0 amide bonds. The van der Waals surface area contributed by atoms with Gasteiger partial charge in [-0.25, -0.2) is 0 Å². The molecular formula is C10H20N2O2. The second kappa shape index (κ2) is 5.98. The van der Waals surface area contributed by atoms with Gasteiger partial charge in [0.05, 0.1) is 0 Å². The number of carboxylic acids is 1. The molecule has 82 valence electrons. The predicted octanol–water partition coefficient (Wildman–Crippen LogP) is 0.535. The summed E-state index contributed by atoms with van der Waals surface area (Å²) in [7, 11) is 2.10. The van der Waals surface area contributed by atoms with Gasteiger partial charge in [0, 0.05) is 12.5 Å². The van der Waals surface area contributed by atoms with Crippen molar-refractivity contribution >= 4 is 5.97 Å². The van der Waals surface area contributed by atoms with Gasteiger partial charge in [-0.15, -0.1) is 0 Å². The summed E-state index contributed by atoms with van der Waals surface area (Å²) in [6, 6.07) is 0.644. The number of nitrogens with zero attached hydrogens (tertiary/aromatic N) is 1. The second-order valence-electron chi connectivity index (χ2n) is 3.96. The topological polar surface area (TPSA) is 52.6 Å². The summed E-state index contributed by atoms with van der Waals surface area (Å²) in [5, 5.41) is 11.8. The Labute approximate surface area is 85.3 Å². The molecule has 0 aromatic rings. The summed E-state index contributed by atoms with van der Waals surface area (Å²) >= 11 is 0. The average molecular weight is 200 g/mol. The maximum atomic E-state index is 10.3. The molecule has 0 bridgehead atoms. The summed E-state index contributed by atoms with van der Waals surface area (Å²) in [6.45, 7) is 3.08. The Hall–Kier alpha value is -0.610. The third-order valence-corrected chi connectivity index (χ3v) is 2.83. The van der Waals surface area contributed by atoms with Gasteiger partial charge in [0.2, 0.25) is 0 Å². The molecule has 0 saturated carbocycles. The molecule has 2 N–H and O–H groups in total.